The maximum absolute atomic E-state index is 13.7. The van der Waals surface area contributed by atoms with Gasteiger partial charge in [-0.2, -0.15) is 0 Å². The first-order valence-electron chi connectivity index (χ1n) is 19.6. The van der Waals surface area contributed by atoms with Crippen molar-refractivity contribution in [1.82, 2.24) is 10.6 Å². The summed E-state index contributed by atoms with van der Waals surface area (Å²) >= 11 is 0. The molecule has 2 aromatic carbocycles. The van der Waals surface area contributed by atoms with Crippen molar-refractivity contribution in [2.45, 2.75) is 89.1 Å². The Morgan fingerprint density at radius 1 is 0.714 bits per heavy atom. The predicted octanol–water partition coefficient (Wildman–Crippen LogP) is 1.43. The molecule has 1 unspecified atom stereocenters. The number of fused-ring (bicyclic) bond motifs is 3. The van der Waals surface area contributed by atoms with Crippen LogP contribution >= 0.6 is 0 Å². The molecule has 1 saturated heterocycles. The monoisotopic (exact) mass is 790 g/mol. The molecule has 1 fully saturated rings. The van der Waals surface area contributed by atoms with E-state index in [1.165, 1.54) is 0 Å². The lowest BCUT2D eigenvalue weighted by Crippen LogP contribution is -2.63. The van der Waals surface area contributed by atoms with Gasteiger partial charge in [0.2, 0.25) is 5.91 Å². The summed E-state index contributed by atoms with van der Waals surface area (Å²) in [6.07, 6.45) is -11.9. The predicted molar refractivity (Wildman–Crippen MR) is 186 cm³/mol. The Morgan fingerprint density at radius 2 is 1.29 bits per heavy atom. The Kier molecular flexibility index (Phi) is 12.8. The van der Waals surface area contributed by atoms with Gasteiger partial charge >= 0.3 is 41.9 Å². The van der Waals surface area contributed by atoms with Gasteiger partial charge in [-0.1, -0.05) is 48.5 Å². The van der Waals surface area contributed by atoms with E-state index in [-0.39, 0.29) is 6.61 Å². The number of rotatable bonds is 17. The molecule has 7 atom stereocenters. The van der Waals surface area contributed by atoms with Gasteiger partial charge in [0.05, 0.1) is 6.61 Å². The van der Waals surface area contributed by atoms with Crippen molar-refractivity contribution in [3.8, 4) is 11.1 Å². The first-order valence-corrected chi connectivity index (χ1v) is 16.8. The van der Waals surface area contributed by atoms with E-state index in [0.717, 1.165) is 22.3 Å². The van der Waals surface area contributed by atoms with Gasteiger partial charge in [-0.25, -0.2) is 9.59 Å². The zero-order valence-electron chi connectivity index (χ0n) is 33.6. The standard InChI is InChI=1S/C37H42N2O17/c1-18(40)50-17-29-31(53-19(2)41)32(54-20(3)42)33(55-21(4)43)36(56-29)51-16-28(34(46)38-27(35(47)48)13-14-30(44)45)39-37(49)52-15-26-24-11-7-5-9-22(24)23-10-6-8-12-25(23)26/h5-12,26-29,31-33,36H,13-17H2,1-4H3,(H,38,46)(H,39,49)(H,44,45)(H,47,48)/t27-,28-,29+,31+,32-,33-,36?/m0/s1/i1D,2D,3D,4D. The highest BCUT2D eigenvalue weighted by Crippen LogP contribution is 2.44. The number of ether oxygens (including phenoxy) is 7. The molecule has 0 saturated carbocycles. The number of benzene rings is 2. The fourth-order valence-electron chi connectivity index (χ4n) is 6.13. The molecule has 0 bridgehead atoms. The summed E-state index contributed by atoms with van der Waals surface area (Å²) in [6, 6.07) is 11.2. The van der Waals surface area contributed by atoms with E-state index in [2.05, 4.69) is 10.6 Å². The molecular weight excluding hydrogens is 744 g/mol. The summed E-state index contributed by atoms with van der Waals surface area (Å²) in [7, 11) is 0. The summed E-state index contributed by atoms with van der Waals surface area (Å²) in [4.78, 5) is 99.5. The van der Waals surface area contributed by atoms with Gasteiger partial charge in [0.15, 0.2) is 24.6 Å². The van der Waals surface area contributed by atoms with Crippen LogP contribution in [-0.4, -0.2) is 121 Å². The number of alkyl carbamates (subject to hydrolysis) is 1. The van der Waals surface area contributed by atoms with E-state index >= 15 is 0 Å². The van der Waals surface area contributed by atoms with E-state index in [0.29, 0.717) is 0 Å². The Labute approximate surface area is 325 Å². The molecule has 302 valence electrons. The number of amides is 2. The quantitative estimate of drug-likeness (QED) is 0.130. The van der Waals surface area contributed by atoms with E-state index in [1.54, 1.807) is 0 Å². The van der Waals surface area contributed by atoms with Crippen LogP contribution in [0, 0.1) is 0 Å². The second kappa shape index (κ2) is 19.5. The van der Waals surface area contributed by atoms with Crippen LogP contribution in [-0.2, 0) is 66.7 Å². The third kappa shape index (κ3) is 11.5. The topological polar surface area (TPSA) is 266 Å². The average Bonchev–Trinajstić information content (AvgIpc) is 3.56. The molecule has 2 aliphatic rings. The van der Waals surface area contributed by atoms with Crippen molar-refractivity contribution in [3.05, 3.63) is 59.7 Å². The summed E-state index contributed by atoms with van der Waals surface area (Å²) in [5.41, 5.74) is 3.53. The van der Waals surface area contributed by atoms with Crippen LogP contribution in [0.4, 0.5) is 4.79 Å². The molecule has 1 aliphatic heterocycles. The molecule has 19 heteroatoms. The minimum atomic E-state index is -2.00. The van der Waals surface area contributed by atoms with Crippen molar-refractivity contribution in [1.29, 1.82) is 0 Å². The minimum absolute atomic E-state index is 0.234. The minimum Gasteiger partial charge on any atom is -0.481 e. The molecule has 0 aromatic heterocycles. The number of hydrogen-bond acceptors (Lipinski definition) is 15. The van der Waals surface area contributed by atoms with Gasteiger partial charge in [-0.3, -0.25) is 28.8 Å². The van der Waals surface area contributed by atoms with Crippen LogP contribution in [0.3, 0.4) is 0 Å². The summed E-state index contributed by atoms with van der Waals surface area (Å²) < 4.78 is 67.6. The fourth-order valence-corrected chi connectivity index (χ4v) is 6.13. The van der Waals surface area contributed by atoms with Crippen molar-refractivity contribution in [2.75, 3.05) is 19.8 Å². The summed E-state index contributed by atoms with van der Waals surface area (Å²) in [5, 5.41) is 23.2. The Balaban J connectivity index is 1.65. The fraction of sp³-hybridized carbons (Fsp3) is 0.459. The molecular formula is C37H42N2O17. The van der Waals surface area contributed by atoms with Gasteiger partial charge < -0.3 is 54.0 Å². The Morgan fingerprint density at radius 3 is 1.86 bits per heavy atom. The smallest absolute Gasteiger partial charge is 0.407 e. The molecule has 1 aliphatic carbocycles. The van der Waals surface area contributed by atoms with Crippen LogP contribution in [0.25, 0.3) is 11.1 Å². The van der Waals surface area contributed by atoms with Gasteiger partial charge in [-0.05, 0) is 28.7 Å². The normalized spacial score (nSPS) is 21.8. The zero-order valence-corrected chi connectivity index (χ0v) is 29.6. The number of hydrogen-bond donors (Lipinski definition) is 4. The molecule has 0 spiro atoms. The molecule has 4 rings (SSSR count). The second-order valence-corrected chi connectivity index (χ2v) is 12.3. The highest BCUT2D eigenvalue weighted by atomic mass is 16.7. The molecule has 2 aromatic rings. The number of carboxylic acids is 2. The summed E-state index contributed by atoms with van der Waals surface area (Å²) in [5.74, 6) is -9.52. The number of carbonyl (C=O) groups excluding carboxylic acids is 6. The highest BCUT2D eigenvalue weighted by molar-refractivity contribution is 5.89. The second-order valence-electron chi connectivity index (χ2n) is 12.3. The number of carboxylic acid groups (broad SMARTS) is 2. The maximum Gasteiger partial charge on any atom is 0.407 e. The molecule has 19 nitrogen and oxygen atoms in total. The maximum atomic E-state index is 13.7. The van der Waals surface area contributed by atoms with Crippen LogP contribution in [0.5, 0.6) is 0 Å². The first kappa shape index (κ1) is 36.9. The zero-order chi connectivity index (χ0) is 43.9. The number of aliphatic carboxylic acids is 2. The average molecular weight is 791 g/mol. The van der Waals surface area contributed by atoms with Crippen LogP contribution in [0.15, 0.2) is 48.5 Å². The van der Waals surface area contributed by atoms with Crippen molar-refractivity contribution < 1.29 is 87.2 Å². The molecule has 56 heavy (non-hydrogen) atoms. The SMILES string of the molecule is [2H]CC(=O)OC[C@H]1OC(OC[C@H](NC(=O)OCC2c3ccccc3-c3ccccc32)C(=O)N[C@@H](CCC(=O)O)C(=O)O)[C@@H](OC(=O)C[2H])[C@@H](OC(=O)C[2H])[C@@H]1OC(=O)C[2H]. The van der Waals surface area contributed by atoms with Crippen molar-refractivity contribution in [3.63, 3.8) is 0 Å². The lowest BCUT2D eigenvalue weighted by Gasteiger charge is -2.44. The van der Waals surface area contributed by atoms with Crippen molar-refractivity contribution in [2.24, 2.45) is 0 Å². The number of carbonyl (C=O) groups is 8. The summed E-state index contributed by atoms with van der Waals surface area (Å²) in [6.45, 7) is -5.93. The molecule has 0 radical (unpaired) electrons. The van der Waals surface area contributed by atoms with E-state index in [4.69, 9.17) is 43.7 Å². The first-order chi connectivity index (χ1) is 28.7. The van der Waals surface area contributed by atoms with Gasteiger partial charge in [0, 0.05) is 45.4 Å². The van der Waals surface area contributed by atoms with Gasteiger partial charge in [0.25, 0.3) is 0 Å². The number of nitrogens with one attached hydrogen (secondary N) is 2. The third-order valence-electron chi connectivity index (χ3n) is 8.44. The lowest BCUT2D eigenvalue weighted by molar-refractivity contribution is -0.308. The largest absolute Gasteiger partial charge is 0.481 e. The molecule has 1 heterocycles. The van der Waals surface area contributed by atoms with E-state index in [1.807, 2.05) is 48.5 Å². The van der Waals surface area contributed by atoms with Crippen LogP contribution < -0.4 is 10.6 Å². The van der Waals surface area contributed by atoms with Crippen LogP contribution in [0.2, 0.25) is 0 Å². The molecule has 4 N–H and O–H groups in total. The van der Waals surface area contributed by atoms with E-state index < -0.39 is 150 Å². The third-order valence-corrected chi connectivity index (χ3v) is 8.44. The van der Waals surface area contributed by atoms with Gasteiger partial charge in [-0.15, -0.1) is 0 Å². The Hall–Kier alpha value is -6.08. The van der Waals surface area contributed by atoms with Crippen molar-refractivity contribution >= 4 is 47.8 Å². The van der Waals surface area contributed by atoms with E-state index in [9.17, 15) is 43.5 Å². The van der Waals surface area contributed by atoms with Crippen LogP contribution in [0.1, 0.15) is 63.0 Å². The highest BCUT2D eigenvalue weighted by Gasteiger charge is 2.53. The lowest BCUT2D eigenvalue weighted by atomic mass is 9.98. The Bertz CT molecular complexity index is 1860. The number of esters is 4. The van der Waals surface area contributed by atoms with Gasteiger partial charge in [0.1, 0.15) is 31.4 Å². The molecule has 2 amide bonds.